The van der Waals surface area contributed by atoms with Gasteiger partial charge in [-0.15, -0.1) is 0 Å². The molecular weight excluding hydrogens is 638 g/mol. The van der Waals surface area contributed by atoms with E-state index in [2.05, 4.69) is 31.3 Å². The summed E-state index contributed by atoms with van der Waals surface area (Å²) in [7, 11) is 0. The van der Waals surface area contributed by atoms with Crippen molar-refractivity contribution in [3.63, 3.8) is 0 Å². The highest BCUT2D eigenvalue weighted by atomic mass is 16.7. The lowest BCUT2D eigenvalue weighted by atomic mass is 9.99. The molecule has 0 saturated carbocycles. The topological polar surface area (TPSA) is 169 Å². The van der Waals surface area contributed by atoms with Gasteiger partial charge in [-0.2, -0.15) is 0 Å². The molecule has 50 heavy (non-hydrogen) atoms. The van der Waals surface area contributed by atoms with Gasteiger partial charge in [-0.1, -0.05) is 154 Å². The van der Waals surface area contributed by atoms with Crippen molar-refractivity contribution in [3.8, 4) is 0 Å². The molecule has 0 aromatic carbocycles. The van der Waals surface area contributed by atoms with Crippen LogP contribution in [0.15, 0.2) is 24.3 Å². The summed E-state index contributed by atoms with van der Waals surface area (Å²) in [4.78, 5) is 12.9. The second-order valence-electron chi connectivity index (χ2n) is 14.2. The number of nitrogens with one attached hydrogen (secondary N) is 1. The molecule has 10 heteroatoms. The van der Waals surface area contributed by atoms with Gasteiger partial charge in [0.25, 0.3) is 0 Å². The highest BCUT2D eigenvalue weighted by Gasteiger charge is 2.44. The minimum Gasteiger partial charge on any atom is -0.394 e. The Morgan fingerprint density at radius 2 is 1.18 bits per heavy atom. The second kappa shape index (κ2) is 31.2. The zero-order valence-electron chi connectivity index (χ0n) is 31.5. The Labute approximate surface area is 303 Å². The standard InChI is InChI=1S/C40H75NO9/c1-3-5-7-9-11-13-15-17-19-20-22-24-26-28-33(43)32(31-49-40-38(47)37(46)36(45)35(30-42)50-40)41-39(48)34(44)29-27-25-23-21-18-16-14-12-10-8-6-4-2/h19-20,26,28,32-38,40,42-47H,3-18,21-25,27,29-31H2,1-2H3,(H,41,48)/b20-19+,28-26+/t32?,33?,34?,35-,36-,37-,38-,40+/m1/s1. The van der Waals surface area contributed by atoms with Crippen LogP contribution in [0.1, 0.15) is 162 Å². The molecule has 3 unspecified atom stereocenters. The molecule has 1 fully saturated rings. The largest absolute Gasteiger partial charge is 0.394 e. The number of rotatable bonds is 32. The molecule has 0 bridgehead atoms. The van der Waals surface area contributed by atoms with Gasteiger partial charge in [0.2, 0.25) is 5.91 Å². The molecule has 1 heterocycles. The Morgan fingerprint density at radius 1 is 0.680 bits per heavy atom. The maximum Gasteiger partial charge on any atom is 0.249 e. The SMILES string of the molecule is CCCCCCCCC/C=C/CC/C=C/C(O)C(CO[C@H]1O[C@H](CO)[C@@H](O)[C@@H](O)[C@H]1O)NC(=O)C(O)CCCCCCCCCCCCCC. The van der Waals surface area contributed by atoms with Crippen LogP contribution in [0.5, 0.6) is 0 Å². The van der Waals surface area contributed by atoms with Gasteiger partial charge in [0.15, 0.2) is 6.29 Å². The molecule has 0 aromatic heterocycles. The molecule has 0 aliphatic carbocycles. The fourth-order valence-electron chi connectivity index (χ4n) is 6.24. The summed E-state index contributed by atoms with van der Waals surface area (Å²) in [6.07, 6.45) is 24.1. The van der Waals surface area contributed by atoms with E-state index in [4.69, 9.17) is 9.47 Å². The number of aliphatic hydroxyl groups excluding tert-OH is 6. The van der Waals surface area contributed by atoms with Crippen molar-refractivity contribution in [2.24, 2.45) is 0 Å². The lowest BCUT2D eigenvalue weighted by Gasteiger charge is -2.40. The van der Waals surface area contributed by atoms with Crippen molar-refractivity contribution < 1.29 is 44.9 Å². The molecule has 1 rings (SSSR count). The molecule has 1 aliphatic rings. The summed E-state index contributed by atoms with van der Waals surface area (Å²) >= 11 is 0. The number of aliphatic hydroxyl groups is 6. The molecule has 1 saturated heterocycles. The van der Waals surface area contributed by atoms with E-state index in [1.54, 1.807) is 6.08 Å². The number of carbonyl (C=O) groups is 1. The second-order valence-corrected chi connectivity index (χ2v) is 14.2. The highest BCUT2D eigenvalue weighted by Crippen LogP contribution is 2.22. The number of allylic oxidation sites excluding steroid dienone is 3. The van der Waals surface area contributed by atoms with Gasteiger partial charge >= 0.3 is 0 Å². The molecule has 0 radical (unpaired) electrons. The first-order chi connectivity index (χ1) is 24.3. The smallest absolute Gasteiger partial charge is 0.249 e. The van der Waals surface area contributed by atoms with Gasteiger partial charge in [-0.3, -0.25) is 4.79 Å². The van der Waals surface area contributed by atoms with E-state index in [0.29, 0.717) is 19.3 Å². The third-order valence-corrected chi connectivity index (χ3v) is 9.64. The molecule has 1 amide bonds. The zero-order chi connectivity index (χ0) is 36.8. The van der Waals surface area contributed by atoms with Crippen molar-refractivity contribution in [1.29, 1.82) is 0 Å². The summed E-state index contributed by atoms with van der Waals surface area (Å²) in [6.45, 7) is 3.54. The molecule has 294 valence electrons. The fraction of sp³-hybridized carbons (Fsp3) is 0.875. The number of carbonyl (C=O) groups excluding carboxylic acids is 1. The van der Waals surface area contributed by atoms with Crippen LogP contribution in [-0.2, 0) is 14.3 Å². The molecule has 0 aromatic rings. The minimum absolute atomic E-state index is 0.306. The predicted molar refractivity (Wildman–Crippen MR) is 199 cm³/mol. The van der Waals surface area contributed by atoms with Crippen molar-refractivity contribution >= 4 is 5.91 Å². The molecular formula is C40H75NO9. The van der Waals surface area contributed by atoms with Gasteiger partial charge in [0, 0.05) is 0 Å². The number of unbranched alkanes of at least 4 members (excludes halogenated alkanes) is 19. The van der Waals surface area contributed by atoms with Gasteiger partial charge in [-0.05, 0) is 32.1 Å². The Kier molecular flexibility index (Phi) is 29.1. The number of hydrogen-bond acceptors (Lipinski definition) is 9. The average molecular weight is 714 g/mol. The molecule has 10 nitrogen and oxygen atoms in total. The van der Waals surface area contributed by atoms with Crippen molar-refractivity contribution in [2.75, 3.05) is 13.2 Å². The third-order valence-electron chi connectivity index (χ3n) is 9.64. The van der Waals surface area contributed by atoms with E-state index < -0.39 is 61.5 Å². The van der Waals surface area contributed by atoms with Crippen LogP contribution in [0.3, 0.4) is 0 Å². The lowest BCUT2D eigenvalue weighted by Crippen LogP contribution is -2.60. The highest BCUT2D eigenvalue weighted by molar-refractivity contribution is 5.80. The monoisotopic (exact) mass is 714 g/mol. The summed E-state index contributed by atoms with van der Waals surface area (Å²) in [6, 6.07) is -0.990. The molecule has 8 atom stereocenters. The molecule has 7 N–H and O–H groups in total. The maximum absolute atomic E-state index is 12.9. The van der Waals surface area contributed by atoms with Crippen molar-refractivity contribution in [3.05, 3.63) is 24.3 Å². The van der Waals surface area contributed by atoms with E-state index in [1.807, 2.05) is 6.08 Å². The fourth-order valence-corrected chi connectivity index (χ4v) is 6.24. The van der Waals surface area contributed by atoms with Crippen LogP contribution < -0.4 is 5.32 Å². The third kappa shape index (κ3) is 21.9. The van der Waals surface area contributed by atoms with Crippen LogP contribution in [0.4, 0.5) is 0 Å². The van der Waals surface area contributed by atoms with Gasteiger partial charge < -0.3 is 45.4 Å². The quantitative estimate of drug-likeness (QED) is 0.0320. The van der Waals surface area contributed by atoms with Crippen molar-refractivity contribution in [2.45, 2.75) is 210 Å². The summed E-state index contributed by atoms with van der Waals surface area (Å²) in [5.74, 6) is -0.628. The normalized spacial score (nSPS) is 23.1. The van der Waals surface area contributed by atoms with E-state index >= 15 is 0 Å². The minimum atomic E-state index is -1.61. The van der Waals surface area contributed by atoms with E-state index in [9.17, 15) is 35.4 Å². The summed E-state index contributed by atoms with van der Waals surface area (Å²) in [5, 5.41) is 64.3. The van der Waals surface area contributed by atoms with E-state index in [1.165, 1.54) is 96.3 Å². The van der Waals surface area contributed by atoms with Crippen LogP contribution in [0.2, 0.25) is 0 Å². The molecule has 0 spiro atoms. The predicted octanol–water partition coefficient (Wildman–Crippen LogP) is 6.13. The summed E-state index contributed by atoms with van der Waals surface area (Å²) in [5.41, 5.74) is 0. The van der Waals surface area contributed by atoms with Crippen LogP contribution >= 0.6 is 0 Å². The zero-order valence-corrected chi connectivity index (χ0v) is 31.5. The Bertz CT molecular complexity index is 855. The first-order valence-electron chi connectivity index (χ1n) is 20.2. The maximum atomic E-state index is 12.9. The Balaban J connectivity index is 2.54. The van der Waals surface area contributed by atoms with Crippen molar-refractivity contribution in [1.82, 2.24) is 5.32 Å². The number of hydrogen-bond donors (Lipinski definition) is 7. The average Bonchev–Trinajstić information content (AvgIpc) is 3.11. The van der Waals surface area contributed by atoms with Gasteiger partial charge in [0.05, 0.1) is 25.4 Å². The first-order valence-corrected chi connectivity index (χ1v) is 20.2. The van der Waals surface area contributed by atoms with Crippen LogP contribution in [0.25, 0.3) is 0 Å². The first kappa shape index (κ1) is 46.7. The van der Waals surface area contributed by atoms with E-state index in [0.717, 1.165) is 32.1 Å². The number of ether oxygens (including phenoxy) is 2. The van der Waals surface area contributed by atoms with Crippen LogP contribution in [0, 0.1) is 0 Å². The van der Waals surface area contributed by atoms with Gasteiger partial charge in [-0.25, -0.2) is 0 Å². The van der Waals surface area contributed by atoms with Crippen LogP contribution in [-0.4, -0.2) is 98.7 Å². The molecule has 1 aliphatic heterocycles. The lowest BCUT2D eigenvalue weighted by molar-refractivity contribution is -0.302. The van der Waals surface area contributed by atoms with Gasteiger partial charge in [0.1, 0.15) is 30.5 Å². The number of amides is 1. The Morgan fingerprint density at radius 3 is 1.74 bits per heavy atom. The Hall–Kier alpha value is -1.37. The summed E-state index contributed by atoms with van der Waals surface area (Å²) < 4.78 is 11.1. The van der Waals surface area contributed by atoms with E-state index in [-0.39, 0.29) is 6.61 Å².